The van der Waals surface area contributed by atoms with E-state index in [1.165, 1.54) is 4.31 Å². The molecule has 2 aliphatic heterocycles. The van der Waals surface area contributed by atoms with Crippen LogP contribution >= 0.6 is 0 Å². The molecule has 1 fully saturated rings. The number of rotatable bonds is 11. The summed E-state index contributed by atoms with van der Waals surface area (Å²) in [6.45, 7) is 7.32. The molecule has 0 saturated carbocycles. The second-order valence-corrected chi connectivity index (χ2v) is 12.4. The maximum Gasteiger partial charge on any atom is 0.243 e. The van der Waals surface area contributed by atoms with E-state index in [4.69, 9.17) is 14.2 Å². The van der Waals surface area contributed by atoms with E-state index in [0.29, 0.717) is 56.4 Å². The Balaban J connectivity index is 1.51. The van der Waals surface area contributed by atoms with E-state index >= 15 is 0 Å². The van der Waals surface area contributed by atoms with Crippen LogP contribution in [0, 0.1) is 5.92 Å². The average molecular weight is 574 g/mol. The molecule has 2 heterocycles. The van der Waals surface area contributed by atoms with Crippen molar-refractivity contribution in [2.75, 3.05) is 59.0 Å². The normalized spacial score (nSPS) is 16.8. The molecule has 220 valence electrons. The first-order valence-electron chi connectivity index (χ1n) is 14.2. The molecule has 2 aromatic rings. The largest absolute Gasteiger partial charge is 0.495 e. The van der Waals surface area contributed by atoms with Crippen molar-refractivity contribution >= 4 is 21.6 Å². The predicted octanol–water partition coefficient (Wildman–Crippen LogP) is 4.32. The molecule has 1 amide bonds. The van der Waals surface area contributed by atoms with Crippen molar-refractivity contribution < 1.29 is 27.4 Å². The summed E-state index contributed by atoms with van der Waals surface area (Å²) in [5, 5.41) is 0. The summed E-state index contributed by atoms with van der Waals surface area (Å²) in [4.78, 5) is 17.4. The number of fused-ring (bicyclic) bond motifs is 1. The van der Waals surface area contributed by atoms with Crippen molar-refractivity contribution in [2.24, 2.45) is 5.92 Å². The monoisotopic (exact) mass is 573 g/mol. The fraction of sp³-hybridized carbons (Fsp3) is 0.567. The van der Waals surface area contributed by atoms with Gasteiger partial charge in [0.2, 0.25) is 15.9 Å². The fourth-order valence-corrected chi connectivity index (χ4v) is 7.11. The van der Waals surface area contributed by atoms with Gasteiger partial charge in [-0.3, -0.25) is 4.79 Å². The standard InChI is InChI=1S/C30H43N3O6S/c1-6-8-9-22(7-2)30(34)32-16-14-31(15-17-32)26-20-25(10-11-27(26)37-3)40(35,36)33-13-12-23-18-28(38-4)29(39-5)19-24(23)21-33/h10-11,18-20,22H,6-9,12-17,21H2,1-5H3/t22-/m0/s1. The molecular formula is C30H43N3O6S. The number of nitrogens with zero attached hydrogens (tertiary/aromatic N) is 3. The quantitative estimate of drug-likeness (QED) is 0.396. The van der Waals surface area contributed by atoms with Crippen LogP contribution in [0.5, 0.6) is 17.2 Å². The van der Waals surface area contributed by atoms with Gasteiger partial charge in [-0.2, -0.15) is 4.31 Å². The Morgan fingerprint density at radius 2 is 1.52 bits per heavy atom. The van der Waals surface area contributed by atoms with Gasteiger partial charge in [-0.05, 0) is 60.7 Å². The molecule has 2 aliphatic rings. The number of unbranched alkanes of at least 4 members (excludes halogenated alkanes) is 1. The minimum Gasteiger partial charge on any atom is -0.495 e. The first kappa shape index (κ1) is 30.0. The number of methoxy groups -OCH3 is 3. The molecular weight excluding hydrogens is 530 g/mol. The minimum atomic E-state index is -3.76. The summed E-state index contributed by atoms with van der Waals surface area (Å²) in [7, 11) is 1.00. The SMILES string of the molecule is CCCC[C@H](CC)C(=O)N1CCN(c2cc(S(=O)(=O)N3CCc4cc(OC)c(OC)cc4C3)ccc2OC)CC1. The predicted molar refractivity (Wildman–Crippen MR) is 156 cm³/mol. The second kappa shape index (κ2) is 13.1. The van der Waals surface area contributed by atoms with Gasteiger partial charge < -0.3 is 24.0 Å². The maximum absolute atomic E-state index is 13.8. The highest BCUT2D eigenvalue weighted by atomic mass is 32.2. The zero-order chi connectivity index (χ0) is 28.9. The van der Waals surface area contributed by atoms with Gasteiger partial charge in [-0.1, -0.05) is 26.7 Å². The van der Waals surface area contributed by atoms with Crippen molar-refractivity contribution in [1.82, 2.24) is 9.21 Å². The van der Waals surface area contributed by atoms with Crippen LogP contribution in [0.3, 0.4) is 0 Å². The van der Waals surface area contributed by atoms with E-state index in [9.17, 15) is 13.2 Å². The van der Waals surface area contributed by atoms with Crippen LogP contribution in [0.1, 0.15) is 50.7 Å². The van der Waals surface area contributed by atoms with Crippen LogP contribution < -0.4 is 19.1 Å². The van der Waals surface area contributed by atoms with Gasteiger partial charge in [0.15, 0.2) is 11.5 Å². The number of hydrogen-bond donors (Lipinski definition) is 0. The first-order valence-corrected chi connectivity index (χ1v) is 15.7. The molecule has 40 heavy (non-hydrogen) atoms. The van der Waals surface area contributed by atoms with Crippen LogP contribution in [0.15, 0.2) is 35.2 Å². The van der Waals surface area contributed by atoms with Gasteiger partial charge in [0, 0.05) is 45.2 Å². The average Bonchev–Trinajstić information content (AvgIpc) is 2.99. The molecule has 1 saturated heterocycles. The molecule has 9 nitrogen and oxygen atoms in total. The molecule has 2 aromatic carbocycles. The van der Waals surface area contributed by atoms with E-state index in [-0.39, 0.29) is 23.3 Å². The molecule has 0 aromatic heterocycles. The Hall–Kier alpha value is -2.98. The summed E-state index contributed by atoms with van der Waals surface area (Å²) in [5.41, 5.74) is 2.70. The molecule has 4 rings (SSSR count). The van der Waals surface area contributed by atoms with Crippen LogP contribution in [0.2, 0.25) is 0 Å². The Morgan fingerprint density at radius 1 is 0.875 bits per heavy atom. The highest BCUT2D eigenvalue weighted by Gasteiger charge is 2.32. The zero-order valence-electron chi connectivity index (χ0n) is 24.4. The number of hydrogen-bond acceptors (Lipinski definition) is 7. The van der Waals surface area contributed by atoms with Crippen molar-refractivity contribution in [3.63, 3.8) is 0 Å². The van der Waals surface area contributed by atoms with Crippen LogP contribution in [0.4, 0.5) is 5.69 Å². The second-order valence-electron chi connectivity index (χ2n) is 10.5. The van der Waals surface area contributed by atoms with Crippen LogP contribution in [0.25, 0.3) is 0 Å². The van der Waals surface area contributed by atoms with E-state index in [1.54, 1.807) is 39.5 Å². The number of anilines is 1. The van der Waals surface area contributed by atoms with Crippen LogP contribution in [-0.2, 0) is 27.8 Å². The molecule has 0 radical (unpaired) electrons. The molecule has 0 unspecified atom stereocenters. The number of ether oxygens (including phenoxy) is 3. The third-order valence-corrected chi connectivity index (χ3v) is 9.99. The Labute approximate surface area is 239 Å². The number of sulfonamides is 1. The Kier molecular flexibility index (Phi) is 9.84. The highest BCUT2D eigenvalue weighted by Crippen LogP contribution is 2.37. The minimum absolute atomic E-state index is 0.0743. The summed E-state index contributed by atoms with van der Waals surface area (Å²) in [6, 6.07) is 8.85. The molecule has 1 atom stereocenters. The summed E-state index contributed by atoms with van der Waals surface area (Å²) in [5.74, 6) is 2.16. The lowest BCUT2D eigenvalue weighted by Crippen LogP contribution is -2.50. The number of piperazine rings is 1. The van der Waals surface area contributed by atoms with Crippen molar-refractivity contribution in [3.05, 3.63) is 41.5 Å². The maximum atomic E-state index is 13.8. The van der Waals surface area contributed by atoms with Crippen molar-refractivity contribution in [1.29, 1.82) is 0 Å². The molecule has 0 bridgehead atoms. The first-order chi connectivity index (χ1) is 19.3. The van der Waals surface area contributed by atoms with Gasteiger partial charge in [0.25, 0.3) is 0 Å². The van der Waals surface area contributed by atoms with Gasteiger partial charge in [-0.15, -0.1) is 0 Å². The lowest BCUT2D eigenvalue weighted by Gasteiger charge is -2.38. The van der Waals surface area contributed by atoms with Gasteiger partial charge >= 0.3 is 0 Å². The topological polar surface area (TPSA) is 88.6 Å². The number of carbonyl (C=O) groups is 1. The summed E-state index contributed by atoms with van der Waals surface area (Å²) in [6.07, 6.45) is 4.52. The lowest BCUT2D eigenvalue weighted by atomic mass is 9.97. The summed E-state index contributed by atoms with van der Waals surface area (Å²) >= 11 is 0. The highest BCUT2D eigenvalue weighted by molar-refractivity contribution is 7.89. The van der Waals surface area contributed by atoms with Crippen LogP contribution in [-0.4, -0.2) is 77.6 Å². The van der Waals surface area contributed by atoms with Gasteiger partial charge in [0.1, 0.15) is 5.75 Å². The van der Waals surface area contributed by atoms with Gasteiger partial charge in [0.05, 0.1) is 31.9 Å². The third kappa shape index (κ3) is 6.17. The van der Waals surface area contributed by atoms with Gasteiger partial charge in [-0.25, -0.2) is 8.42 Å². The Morgan fingerprint density at radius 3 is 2.12 bits per heavy atom. The van der Waals surface area contributed by atoms with E-state index < -0.39 is 10.0 Å². The molecule has 10 heteroatoms. The van der Waals surface area contributed by atoms with Crippen molar-refractivity contribution in [3.8, 4) is 17.2 Å². The van der Waals surface area contributed by atoms with E-state index in [2.05, 4.69) is 18.7 Å². The number of amides is 1. The van der Waals surface area contributed by atoms with Crippen molar-refractivity contribution in [2.45, 2.75) is 57.4 Å². The molecule has 0 aliphatic carbocycles. The Bertz CT molecular complexity index is 1290. The lowest BCUT2D eigenvalue weighted by molar-refractivity contribution is -0.136. The number of carbonyl (C=O) groups excluding carboxylic acids is 1. The molecule has 0 spiro atoms. The third-order valence-electron chi connectivity index (χ3n) is 8.15. The zero-order valence-corrected chi connectivity index (χ0v) is 25.3. The van der Waals surface area contributed by atoms with E-state index in [1.807, 2.05) is 17.0 Å². The number of benzene rings is 2. The molecule has 0 N–H and O–H groups in total. The van der Waals surface area contributed by atoms with E-state index in [0.717, 1.165) is 42.5 Å². The smallest absolute Gasteiger partial charge is 0.243 e. The summed E-state index contributed by atoms with van der Waals surface area (Å²) < 4.78 is 45.6. The fourth-order valence-electron chi connectivity index (χ4n) is 5.67.